The molecular weight excluding hydrogens is 508 g/mol. The minimum atomic E-state index is 0.113. The van der Waals surface area contributed by atoms with Crippen LogP contribution in [0.5, 0.6) is 0 Å². The first-order valence-corrected chi connectivity index (χ1v) is 14.6. The molecule has 42 heavy (non-hydrogen) atoms. The molecule has 1 heterocycles. The second-order valence-electron chi connectivity index (χ2n) is 11.3. The van der Waals surface area contributed by atoms with Crippen LogP contribution in [-0.4, -0.2) is 4.98 Å². The number of benzene rings is 4. The second-order valence-corrected chi connectivity index (χ2v) is 11.3. The van der Waals surface area contributed by atoms with Gasteiger partial charge < -0.3 is 5.73 Å². The zero-order valence-electron chi connectivity index (χ0n) is 23.5. The highest BCUT2D eigenvalue weighted by molar-refractivity contribution is 6.14. The van der Waals surface area contributed by atoms with Crippen LogP contribution in [0.15, 0.2) is 139 Å². The topological polar surface area (TPSA) is 38.9 Å². The molecular formula is C40H30N2. The monoisotopic (exact) mass is 538 g/mol. The van der Waals surface area contributed by atoms with Crippen molar-refractivity contribution < 1.29 is 0 Å². The third kappa shape index (κ3) is 3.69. The average Bonchev–Trinajstić information content (AvgIpc) is 3.26. The molecule has 2 heteroatoms. The number of allylic oxidation sites excluding steroid dienone is 11. The number of pyridine rings is 1. The van der Waals surface area contributed by atoms with Crippen molar-refractivity contribution in [2.75, 3.05) is 0 Å². The lowest BCUT2D eigenvalue weighted by Gasteiger charge is -2.22. The van der Waals surface area contributed by atoms with Crippen LogP contribution < -0.4 is 5.73 Å². The molecule has 2 nitrogen and oxygen atoms in total. The predicted octanol–water partition coefficient (Wildman–Crippen LogP) is 9.88. The van der Waals surface area contributed by atoms with Gasteiger partial charge in [0.05, 0.1) is 5.52 Å². The minimum Gasteiger partial charge on any atom is -0.404 e. The Morgan fingerprint density at radius 1 is 0.857 bits per heavy atom. The molecule has 1 unspecified atom stereocenters. The van der Waals surface area contributed by atoms with E-state index in [0.717, 1.165) is 28.5 Å². The van der Waals surface area contributed by atoms with Gasteiger partial charge in [-0.25, -0.2) is 0 Å². The number of nitrogens with two attached hydrogens (primary N) is 1. The van der Waals surface area contributed by atoms with Crippen LogP contribution in [0.3, 0.4) is 0 Å². The summed E-state index contributed by atoms with van der Waals surface area (Å²) < 4.78 is 0. The summed E-state index contributed by atoms with van der Waals surface area (Å²) in [5.74, 6) is 0.113. The molecule has 8 rings (SSSR count). The first-order chi connectivity index (χ1) is 20.7. The largest absolute Gasteiger partial charge is 0.404 e. The van der Waals surface area contributed by atoms with Crippen molar-refractivity contribution in [3.05, 3.63) is 162 Å². The fraction of sp³-hybridized carbons (Fsp3) is 0.0750. The lowest BCUT2D eigenvalue weighted by atomic mass is 9.81. The lowest BCUT2D eigenvalue weighted by Crippen LogP contribution is -2.03. The SMILES string of the molecule is CC1=CC=CC2c3c1cccc3-c1c2c(C(/C=C2/C=CC=CC2)=C/N)c2ccccc2c1-c1cnc2ccccc2c1. The molecule has 1 atom stereocenters. The van der Waals surface area contributed by atoms with Crippen LogP contribution in [0.25, 0.3) is 55.1 Å². The van der Waals surface area contributed by atoms with Crippen molar-refractivity contribution in [2.45, 2.75) is 19.3 Å². The van der Waals surface area contributed by atoms with E-state index in [2.05, 4.69) is 128 Å². The Balaban J connectivity index is 1.53. The zero-order valence-corrected chi connectivity index (χ0v) is 23.5. The van der Waals surface area contributed by atoms with Gasteiger partial charge in [0.1, 0.15) is 0 Å². The van der Waals surface area contributed by atoms with Crippen molar-refractivity contribution in [1.82, 2.24) is 4.98 Å². The van der Waals surface area contributed by atoms with Gasteiger partial charge in [-0.1, -0.05) is 103 Å². The highest BCUT2D eigenvalue weighted by atomic mass is 14.6. The maximum absolute atomic E-state index is 6.52. The molecule has 200 valence electrons. The molecule has 0 aliphatic heterocycles. The maximum Gasteiger partial charge on any atom is 0.0702 e. The van der Waals surface area contributed by atoms with Gasteiger partial charge in [0.25, 0.3) is 0 Å². The molecule has 0 fully saturated rings. The fourth-order valence-electron chi connectivity index (χ4n) is 7.11. The standard InChI is InChI=1S/C40H30N2/c1-25-11-9-18-33-38-30(25)17-10-19-34(38)40-37(29-22-27-14-5-8-20-35(27)42-24-29)32-16-7-6-15-31(32)36(39(33)40)28(23-41)21-26-12-3-2-4-13-26/h2-12,14-24,33H,13,41H2,1H3/b26-21-,28-23+. The molecule has 2 N–H and O–H groups in total. The van der Waals surface area contributed by atoms with Crippen LogP contribution >= 0.6 is 0 Å². The Labute approximate surface area is 246 Å². The van der Waals surface area contributed by atoms with E-state index in [4.69, 9.17) is 10.7 Å². The lowest BCUT2D eigenvalue weighted by molar-refractivity contribution is 1.06. The molecule has 0 spiro atoms. The van der Waals surface area contributed by atoms with E-state index in [-0.39, 0.29) is 5.92 Å². The van der Waals surface area contributed by atoms with E-state index in [9.17, 15) is 0 Å². The molecule has 4 aromatic carbocycles. The smallest absolute Gasteiger partial charge is 0.0702 e. The number of hydrogen-bond acceptors (Lipinski definition) is 2. The quantitative estimate of drug-likeness (QED) is 0.248. The molecule has 0 radical (unpaired) electrons. The Hall–Kier alpha value is -5.21. The molecule has 0 saturated heterocycles. The second kappa shape index (κ2) is 9.71. The Morgan fingerprint density at radius 3 is 2.55 bits per heavy atom. The van der Waals surface area contributed by atoms with E-state index in [1.54, 1.807) is 6.20 Å². The van der Waals surface area contributed by atoms with Crippen LogP contribution in [0.2, 0.25) is 0 Å². The summed E-state index contributed by atoms with van der Waals surface area (Å²) in [5, 5.41) is 3.56. The minimum absolute atomic E-state index is 0.113. The molecule has 0 amide bonds. The van der Waals surface area contributed by atoms with Gasteiger partial charge >= 0.3 is 0 Å². The first-order valence-electron chi connectivity index (χ1n) is 14.6. The normalized spacial score (nSPS) is 17.9. The molecule has 0 saturated carbocycles. The summed E-state index contributed by atoms with van der Waals surface area (Å²) >= 11 is 0. The van der Waals surface area contributed by atoms with Gasteiger partial charge in [0, 0.05) is 29.3 Å². The van der Waals surface area contributed by atoms with Crippen molar-refractivity contribution in [2.24, 2.45) is 5.73 Å². The first kappa shape index (κ1) is 24.6. The summed E-state index contributed by atoms with van der Waals surface area (Å²) in [4.78, 5) is 4.91. The highest BCUT2D eigenvalue weighted by Crippen LogP contribution is 2.57. The van der Waals surface area contributed by atoms with Gasteiger partial charge in [-0.05, 0) is 98.0 Å². The van der Waals surface area contributed by atoms with Gasteiger partial charge in [-0.15, -0.1) is 0 Å². The van der Waals surface area contributed by atoms with Crippen molar-refractivity contribution >= 4 is 32.8 Å². The van der Waals surface area contributed by atoms with E-state index in [0.29, 0.717) is 0 Å². The summed E-state index contributed by atoms with van der Waals surface area (Å²) in [6.07, 6.45) is 22.4. The molecule has 3 aliphatic rings. The average molecular weight is 539 g/mol. The van der Waals surface area contributed by atoms with Crippen LogP contribution in [0.4, 0.5) is 0 Å². The van der Waals surface area contributed by atoms with Crippen molar-refractivity contribution in [1.29, 1.82) is 0 Å². The van der Waals surface area contributed by atoms with Crippen molar-refractivity contribution in [3.8, 4) is 22.3 Å². The number of fused-ring (bicyclic) bond motifs is 5. The summed E-state index contributed by atoms with van der Waals surface area (Å²) in [5.41, 5.74) is 21.3. The van der Waals surface area contributed by atoms with Gasteiger partial charge in [0.15, 0.2) is 0 Å². The van der Waals surface area contributed by atoms with Crippen LogP contribution in [0, 0.1) is 0 Å². The molecule has 5 aromatic rings. The molecule has 1 aromatic heterocycles. The van der Waals surface area contributed by atoms with E-state index < -0.39 is 0 Å². The summed E-state index contributed by atoms with van der Waals surface area (Å²) in [6.45, 7) is 2.22. The number of rotatable bonds is 3. The fourth-order valence-corrected chi connectivity index (χ4v) is 7.11. The highest BCUT2D eigenvalue weighted by Gasteiger charge is 2.36. The van der Waals surface area contributed by atoms with Gasteiger partial charge in [0.2, 0.25) is 0 Å². The van der Waals surface area contributed by atoms with E-state index in [1.165, 1.54) is 60.9 Å². The van der Waals surface area contributed by atoms with Gasteiger partial charge in [-0.2, -0.15) is 0 Å². The Kier molecular flexibility index (Phi) is 5.68. The Bertz CT molecular complexity index is 2130. The third-order valence-electron chi connectivity index (χ3n) is 8.93. The van der Waals surface area contributed by atoms with Crippen LogP contribution in [-0.2, 0) is 0 Å². The predicted molar refractivity (Wildman–Crippen MR) is 178 cm³/mol. The third-order valence-corrected chi connectivity index (χ3v) is 8.93. The number of para-hydroxylation sites is 1. The number of hydrogen-bond donors (Lipinski definition) is 1. The van der Waals surface area contributed by atoms with Gasteiger partial charge in [-0.3, -0.25) is 4.98 Å². The van der Waals surface area contributed by atoms with E-state index >= 15 is 0 Å². The van der Waals surface area contributed by atoms with Crippen molar-refractivity contribution in [3.63, 3.8) is 0 Å². The molecule has 3 aliphatic carbocycles. The zero-order chi connectivity index (χ0) is 28.2. The number of nitrogens with zero attached hydrogens (tertiary/aromatic N) is 1. The van der Waals surface area contributed by atoms with E-state index in [1.807, 2.05) is 6.07 Å². The summed E-state index contributed by atoms with van der Waals surface area (Å²) in [7, 11) is 0. The number of aromatic nitrogens is 1. The Morgan fingerprint density at radius 2 is 1.69 bits per heavy atom. The maximum atomic E-state index is 6.52. The van der Waals surface area contributed by atoms with Crippen LogP contribution in [0.1, 0.15) is 41.5 Å². The molecule has 0 bridgehead atoms. The summed E-state index contributed by atoms with van der Waals surface area (Å²) in [6, 6.07) is 26.3.